The number of amides is 2. The molecule has 1 aliphatic rings. The van der Waals surface area contributed by atoms with Gasteiger partial charge in [-0.05, 0) is 45.2 Å². The fourth-order valence-electron chi connectivity index (χ4n) is 2.89. The standard InChI is InChI=1S/C17H26N2O4/c1-4-15(20)19-10-6-5-7-13(19)16(21)18-11-17(3,22)14-9-8-12(2)23-14/h8-9,13,22H,4-7,10-11H2,1-3H3,(H,18,21). The summed E-state index contributed by atoms with van der Waals surface area (Å²) in [5, 5.41) is 13.2. The summed E-state index contributed by atoms with van der Waals surface area (Å²) in [6.07, 6.45) is 2.92. The van der Waals surface area contributed by atoms with Crippen LogP contribution in [0.5, 0.6) is 0 Å². The molecule has 0 aliphatic carbocycles. The first-order valence-electron chi connectivity index (χ1n) is 8.21. The van der Waals surface area contributed by atoms with E-state index >= 15 is 0 Å². The fraction of sp³-hybridized carbons (Fsp3) is 0.647. The minimum Gasteiger partial charge on any atom is -0.463 e. The molecule has 1 aliphatic heterocycles. The summed E-state index contributed by atoms with van der Waals surface area (Å²) < 4.78 is 5.44. The topological polar surface area (TPSA) is 82.8 Å². The Morgan fingerprint density at radius 1 is 1.43 bits per heavy atom. The molecular weight excluding hydrogens is 296 g/mol. The van der Waals surface area contributed by atoms with E-state index in [1.807, 2.05) is 0 Å². The van der Waals surface area contributed by atoms with Crippen LogP contribution < -0.4 is 5.32 Å². The summed E-state index contributed by atoms with van der Waals surface area (Å²) in [5.74, 6) is 0.910. The lowest BCUT2D eigenvalue weighted by Crippen LogP contribution is -2.53. The summed E-state index contributed by atoms with van der Waals surface area (Å²) >= 11 is 0. The van der Waals surface area contributed by atoms with Crippen LogP contribution in [0, 0.1) is 6.92 Å². The molecule has 2 rings (SSSR count). The van der Waals surface area contributed by atoms with Crippen molar-refractivity contribution in [3.63, 3.8) is 0 Å². The number of nitrogens with one attached hydrogen (secondary N) is 1. The van der Waals surface area contributed by atoms with E-state index in [1.165, 1.54) is 0 Å². The number of likely N-dealkylation sites (tertiary alicyclic amines) is 1. The minimum atomic E-state index is -1.28. The molecule has 0 radical (unpaired) electrons. The molecule has 0 bridgehead atoms. The third-order valence-electron chi connectivity index (χ3n) is 4.31. The summed E-state index contributed by atoms with van der Waals surface area (Å²) in [7, 11) is 0. The number of nitrogens with zero attached hydrogens (tertiary/aromatic N) is 1. The molecule has 128 valence electrons. The number of piperidine rings is 1. The van der Waals surface area contributed by atoms with Gasteiger partial charge in [-0.25, -0.2) is 0 Å². The van der Waals surface area contributed by atoms with Crippen LogP contribution in [0.25, 0.3) is 0 Å². The average molecular weight is 322 g/mol. The lowest BCUT2D eigenvalue weighted by molar-refractivity contribution is -0.142. The van der Waals surface area contributed by atoms with Crippen molar-refractivity contribution in [2.24, 2.45) is 0 Å². The van der Waals surface area contributed by atoms with Crippen LogP contribution in [0.4, 0.5) is 0 Å². The summed E-state index contributed by atoms with van der Waals surface area (Å²) in [6, 6.07) is 3.04. The highest BCUT2D eigenvalue weighted by Crippen LogP contribution is 2.23. The van der Waals surface area contributed by atoms with E-state index in [4.69, 9.17) is 4.42 Å². The van der Waals surface area contributed by atoms with Crippen LogP contribution >= 0.6 is 0 Å². The molecule has 6 nitrogen and oxygen atoms in total. The second kappa shape index (κ2) is 7.17. The zero-order chi connectivity index (χ0) is 17.0. The molecule has 2 N–H and O–H groups in total. The van der Waals surface area contributed by atoms with Crippen LogP contribution in [0.15, 0.2) is 16.5 Å². The number of aliphatic hydroxyl groups is 1. The second-order valence-electron chi connectivity index (χ2n) is 6.35. The van der Waals surface area contributed by atoms with E-state index in [9.17, 15) is 14.7 Å². The lowest BCUT2D eigenvalue weighted by atomic mass is 9.99. The quantitative estimate of drug-likeness (QED) is 0.864. The minimum absolute atomic E-state index is 0.00160. The van der Waals surface area contributed by atoms with Crippen molar-refractivity contribution in [3.05, 3.63) is 23.7 Å². The highest BCUT2D eigenvalue weighted by molar-refractivity contribution is 5.87. The maximum Gasteiger partial charge on any atom is 0.242 e. The second-order valence-corrected chi connectivity index (χ2v) is 6.35. The Kier molecular flexibility index (Phi) is 5.46. The third-order valence-corrected chi connectivity index (χ3v) is 4.31. The lowest BCUT2D eigenvalue weighted by Gasteiger charge is -2.35. The zero-order valence-corrected chi connectivity index (χ0v) is 14.1. The van der Waals surface area contributed by atoms with Gasteiger partial charge in [-0.3, -0.25) is 9.59 Å². The number of carbonyl (C=O) groups excluding carboxylic acids is 2. The molecule has 1 aromatic heterocycles. The number of furan rings is 1. The number of aryl methyl sites for hydroxylation is 1. The number of rotatable bonds is 5. The summed E-state index contributed by atoms with van der Waals surface area (Å²) in [6.45, 7) is 5.87. The van der Waals surface area contributed by atoms with E-state index in [-0.39, 0.29) is 18.4 Å². The van der Waals surface area contributed by atoms with Crippen LogP contribution in [0.2, 0.25) is 0 Å². The largest absolute Gasteiger partial charge is 0.463 e. The Bertz CT molecular complexity index is 565. The Morgan fingerprint density at radius 3 is 2.78 bits per heavy atom. The molecule has 0 spiro atoms. The van der Waals surface area contributed by atoms with E-state index in [1.54, 1.807) is 37.8 Å². The first-order chi connectivity index (χ1) is 10.8. The highest BCUT2D eigenvalue weighted by Gasteiger charge is 2.33. The molecule has 6 heteroatoms. The molecule has 1 saturated heterocycles. The van der Waals surface area contributed by atoms with Crippen LogP contribution in [-0.2, 0) is 15.2 Å². The summed E-state index contributed by atoms with van der Waals surface area (Å²) in [4.78, 5) is 26.1. The molecule has 2 atom stereocenters. The normalized spacial score (nSPS) is 20.9. The first-order valence-corrected chi connectivity index (χ1v) is 8.21. The molecular formula is C17H26N2O4. The Labute approximate surface area is 136 Å². The van der Waals surface area contributed by atoms with Gasteiger partial charge in [0.15, 0.2) is 0 Å². The van der Waals surface area contributed by atoms with Crippen LogP contribution in [0.1, 0.15) is 51.1 Å². The van der Waals surface area contributed by atoms with Crippen molar-refractivity contribution < 1.29 is 19.1 Å². The van der Waals surface area contributed by atoms with Gasteiger partial charge < -0.3 is 19.7 Å². The SMILES string of the molecule is CCC(=O)N1CCCCC1C(=O)NCC(C)(O)c1ccc(C)o1. The number of hydrogen-bond donors (Lipinski definition) is 2. The smallest absolute Gasteiger partial charge is 0.242 e. The molecule has 0 aromatic carbocycles. The van der Waals surface area contributed by atoms with Crippen molar-refractivity contribution >= 4 is 11.8 Å². The van der Waals surface area contributed by atoms with Gasteiger partial charge >= 0.3 is 0 Å². The first kappa shape index (κ1) is 17.5. The van der Waals surface area contributed by atoms with Crippen molar-refractivity contribution in [1.82, 2.24) is 10.2 Å². The zero-order valence-electron chi connectivity index (χ0n) is 14.1. The molecule has 2 heterocycles. The van der Waals surface area contributed by atoms with Gasteiger partial charge in [-0.1, -0.05) is 6.92 Å². The van der Waals surface area contributed by atoms with Gasteiger partial charge in [0.25, 0.3) is 0 Å². The van der Waals surface area contributed by atoms with Crippen molar-refractivity contribution in [2.75, 3.05) is 13.1 Å². The van der Waals surface area contributed by atoms with E-state index in [2.05, 4.69) is 5.32 Å². The predicted octanol–water partition coefficient (Wildman–Crippen LogP) is 1.70. The van der Waals surface area contributed by atoms with Gasteiger partial charge in [-0.15, -0.1) is 0 Å². The average Bonchev–Trinajstić information content (AvgIpc) is 2.99. The van der Waals surface area contributed by atoms with Gasteiger partial charge in [0.2, 0.25) is 11.8 Å². The van der Waals surface area contributed by atoms with Crippen molar-refractivity contribution in [1.29, 1.82) is 0 Å². The maximum absolute atomic E-state index is 12.5. The molecule has 1 aromatic rings. The molecule has 0 saturated carbocycles. The van der Waals surface area contributed by atoms with Gasteiger partial charge in [-0.2, -0.15) is 0 Å². The Balaban J connectivity index is 1.98. The van der Waals surface area contributed by atoms with Gasteiger partial charge in [0.1, 0.15) is 23.2 Å². The highest BCUT2D eigenvalue weighted by atomic mass is 16.4. The molecule has 23 heavy (non-hydrogen) atoms. The van der Waals surface area contributed by atoms with E-state index in [0.29, 0.717) is 30.9 Å². The van der Waals surface area contributed by atoms with Crippen LogP contribution in [0.3, 0.4) is 0 Å². The predicted molar refractivity (Wildman–Crippen MR) is 85.7 cm³/mol. The Hall–Kier alpha value is -1.82. The maximum atomic E-state index is 12.5. The fourth-order valence-corrected chi connectivity index (χ4v) is 2.89. The van der Waals surface area contributed by atoms with Crippen molar-refractivity contribution in [3.8, 4) is 0 Å². The molecule has 1 fully saturated rings. The Morgan fingerprint density at radius 2 is 2.17 bits per heavy atom. The van der Waals surface area contributed by atoms with Gasteiger partial charge in [0.05, 0.1) is 6.54 Å². The number of hydrogen-bond acceptors (Lipinski definition) is 4. The molecule has 2 unspecified atom stereocenters. The monoisotopic (exact) mass is 322 g/mol. The van der Waals surface area contributed by atoms with Crippen molar-refractivity contribution in [2.45, 2.75) is 58.1 Å². The van der Waals surface area contributed by atoms with E-state index in [0.717, 1.165) is 12.8 Å². The number of carbonyl (C=O) groups is 2. The van der Waals surface area contributed by atoms with E-state index < -0.39 is 11.6 Å². The van der Waals surface area contributed by atoms with Gasteiger partial charge in [0, 0.05) is 13.0 Å². The van der Waals surface area contributed by atoms with Crippen LogP contribution in [-0.4, -0.2) is 41.0 Å². The summed E-state index contributed by atoms with van der Waals surface area (Å²) in [5.41, 5.74) is -1.28. The third kappa shape index (κ3) is 4.13. The molecule has 2 amide bonds.